The van der Waals surface area contributed by atoms with E-state index in [1.54, 1.807) is 0 Å². The van der Waals surface area contributed by atoms with E-state index in [9.17, 15) is 9.59 Å². The number of benzene rings is 1. The van der Waals surface area contributed by atoms with E-state index in [1.807, 2.05) is 30.3 Å². The Balaban J connectivity index is 1.74. The summed E-state index contributed by atoms with van der Waals surface area (Å²) in [5.74, 6) is -0.283. The van der Waals surface area contributed by atoms with Gasteiger partial charge in [-0.25, -0.2) is 4.98 Å². The van der Waals surface area contributed by atoms with Crippen LogP contribution in [-0.2, 0) is 20.9 Å². The molecule has 0 saturated heterocycles. The molecule has 0 unspecified atom stereocenters. The number of hydrogen-bond acceptors (Lipinski definition) is 4. The smallest absolute Gasteiger partial charge is 0.306 e. The molecule has 0 saturated carbocycles. The van der Waals surface area contributed by atoms with Crippen LogP contribution >= 0.6 is 11.6 Å². The number of ether oxygens (including phenoxy) is 1. The Kier molecular flexibility index (Phi) is 7.00. The van der Waals surface area contributed by atoms with E-state index in [4.69, 9.17) is 16.3 Å². The largest absolute Gasteiger partial charge is 0.461 e. The van der Waals surface area contributed by atoms with Crippen LogP contribution in [0.15, 0.2) is 30.3 Å². The Bertz CT molecular complexity index is 718. The molecule has 5 nitrogen and oxygen atoms in total. The number of rotatable bonds is 8. The molecule has 0 fully saturated rings. The van der Waals surface area contributed by atoms with Crippen molar-refractivity contribution in [2.75, 3.05) is 6.54 Å². The first kappa shape index (κ1) is 18.2. The van der Waals surface area contributed by atoms with Gasteiger partial charge in [-0.05, 0) is 25.0 Å². The number of carbonyl (C=O) groups is 2. The number of esters is 1. The quantitative estimate of drug-likeness (QED) is 0.449. The van der Waals surface area contributed by atoms with E-state index in [2.05, 4.69) is 10.3 Å². The molecule has 0 aliphatic heterocycles. The summed E-state index contributed by atoms with van der Waals surface area (Å²) in [6.07, 6.45) is 2.82. The van der Waals surface area contributed by atoms with Crippen LogP contribution in [0.4, 0.5) is 0 Å². The van der Waals surface area contributed by atoms with Crippen molar-refractivity contribution < 1.29 is 14.3 Å². The molecule has 2 rings (SSSR count). The number of halogens is 1. The molecule has 2 aromatic rings. The molecular weight excluding hydrogens is 328 g/mol. The maximum atomic E-state index is 11.8. The lowest BCUT2D eigenvalue weighted by atomic mass is 10.1. The predicted molar refractivity (Wildman–Crippen MR) is 93.7 cm³/mol. The first-order chi connectivity index (χ1) is 11.6. The van der Waals surface area contributed by atoms with Crippen LogP contribution in [0.3, 0.4) is 0 Å². The van der Waals surface area contributed by atoms with Crippen molar-refractivity contribution in [3.05, 3.63) is 41.0 Å². The van der Waals surface area contributed by atoms with Gasteiger partial charge in [0, 0.05) is 30.8 Å². The van der Waals surface area contributed by atoms with Crippen molar-refractivity contribution in [1.29, 1.82) is 0 Å². The van der Waals surface area contributed by atoms with E-state index < -0.39 is 0 Å². The highest BCUT2D eigenvalue weighted by Gasteiger charge is 2.08. The zero-order valence-corrected chi connectivity index (χ0v) is 14.4. The van der Waals surface area contributed by atoms with Crippen LogP contribution < -0.4 is 5.32 Å². The maximum Gasteiger partial charge on any atom is 0.306 e. The molecule has 1 aromatic heterocycles. The SMILES string of the molecule is CC(=O)NCCCCCC(=O)OCc1cc2ccccc2nc1Cl. The van der Waals surface area contributed by atoms with Crippen molar-refractivity contribution >= 4 is 34.4 Å². The monoisotopic (exact) mass is 348 g/mol. The lowest BCUT2D eigenvalue weighted by Crippen LogP contribution is -2.20. The maximum absolute atomic E-state index is 11.8. The number of amides is 1. The standard InChI is InChI=1S/C18H21ClN2O3/c1-13(22)20-10-6-2-3-9-17(23)24-12-15-11-14-7-4-5-8-16(14)21-18(15)19/h4-5,7-8,11H,2-3,6,9-10,12H2,1H3,(H,20,22). The summed E-state index contributed by atoms with van der Waals surface area (Å²) in [5, 5.41) is 4.05. The van der Waals surface area contributed by atoms with E-state index in [0.717, 1.165) is 30.2 Å². The zero-order chi connectivity index (χ0) is 17.4. The minimum Gasteiger partial charge on any atom is -0.461 e. The van der Waals surface area contributed by atoms with Crippen LogP contribution in [0.5, 0.6) is 0 Å². The number of pyridine rings is 1. The highest BCUT2D eigenvalue weighted by Crippen LogP contribution is 2.21. The third-order valence-electron chi connectivity index (χ3n) is 3.57. The van der Waals surface area contributed by atoms with Crippen molar-refractivity contribution in [1.82, 2.24) is 10.3 Å². The number of para-hydroxylation sites is 1. The Labute approximate surface area is 146 Å². The highest BCUT2D eigenvalue weighted by molar-refractivity contribution is 6.30. The van der Waals surface area contributed by atoms with Gasteiger partial charge >= 0.3 is 5.97 Å². The van der Waals surface area contributed by atoms with Gasteiger partial charge in [-0.1, -0.05) is 36.2 Å². The molecule has 128 valence electrons. The molecule has 6 heteroatoms. The van der Waals surface area contributed by atoms with Crippen LogP contribution in [-0.4, -0.2) is 23.4 Å². The highest BCUT2D eigenvalue weighted by atomic mass is 35.5. The lowest BCUT2D eigenvalue weighted by Gasteiger charge is -2.08. The van der Waals surface area contributed by atoms with Gasteiger partial charge in [0.1, 0.15) is 11.8 Å². The van der Waals surface area contributed by atoms with Crippen LogP contribution in [0, 0.1) is 0 Å². The summed E-state index contributed by atoms with van der Waals surface area (Å²) in [6.45, 7) is 2.26. The number of carbonyl (C=O) groups excluding carboxylic acids is 2. The number of nitrogens with one attached hydrogen (secondary N) is 1. The van der Waals surface area contributed by atoms with Gasteiger partial charge in [0.25, 0.3) is 0 Å². The third kappa shape index (κ3) is 5.81. The number of nitrogens with zero attached hydrogens (tertiary/aromatic N) is 1. The summed E-state index contributed by atoms with van der Waals surface area (Å²) in [4.78, 5) is 26.8. The second-order valence-corrected chi connectivity index (χ2v) is 5.94. The van der Waals surface area contributed by atoms with E-state index in [0.29, 0.717) is 23.7 Å². The second kappa shape index (κ2) is 9.23. The summed E-state index contributed by atoms with van der Waals surface area (Å²) in [7, 11) is 0. The fourth-order valence-electron chi connectivity index (χ4n) is 2.30. The molecule has 24 heavy (non-hydrogen) atoms. The molecule has 1 aromatic carbocycles. The third-order valence-corrected chi connectivity index (χ3v) is 3.90. The minimum atomic E-state index is -0.251. The van der Waals surface area contributed by atoms with Crippen LogP contribution in [0.1, 0.15) is 38.2 Å². The average Bonchev–Trinajstić information content (AvgIpc) is 2.55. The molecule has 0 aliphatic carbocycles. The van der Waals surface area contributed by atoms with Gasteiger partial charge in [-0.3, -0.25) is 9.59 Å². The molecule has 1 heterocycles. The number of aromatic nitrogens is 1. The van der Waals surface area contributed by atoms with E-state index in [-0.39, 0.29) is 18.5 Å². The summed E-state index contributed by atoms with van der Waals surface area (Å²) >= 11 is 6.14. The normalized spacial score (nSPS) is 10.6. The van der Waals surface area contributed by atoms with Gasteiger partial charge in [0.2, 0.25) is 5.91 Å². The Hall–Kier alpha value is -2.14. The molecule has 0 radical (unpaired) electrons. The molecule has 0 spiro atoms. The molecule has 1 amide bonds. The molecular formula is C18H21ClN2O3. The first-order valence-electron chi connectivity index (χ1n) is 8.00. The van der Waals surface area contributed by atoms with Crippen LogP contribution in [0.25, 0.3) is 10.9 Å². The van der Waals surface area contributed by atoms with Gasteiger partial charge < -0.3 is 10.1 Å². The average molecular weight is 349 g/mol. The molecule has 0 bridgehead atoms. The van der Waals surface area contributed by atoms with Crippen molar-refractivity contribution in [2.45, 2.75) is 39.2 Å². The fourth-order valence-corrected chi connectivity index (χ4v) is 2.50. The first-order valence-corrected chi connectivity index (χ1v) is 8.38. The fraction of sp³-hybridized carbons (Fsp3) is 0.389. The number of fused-ring (bicyclic) bond motifs is 1. The van der Waals surface area contributed by atoms with Crippen molar-refractivity contribution in [3.63, 3.8) is 0 Å². The van der Waals surface area contributed by atoms with Crippen molar-refractivity contribution in [2.24, 2.45) is 0 Å². The van der Waals surface area contributed by atoms with Gasteiger partial charge in [-0.15, -0.1) is 0 Å². The summed E-state index contributed by atoms with van der Waals surface area (Å²) in [5.41, 5.74) is 1.52. The number of hydrogen-bond donors (Lipinski definition) is 1. The van der Waals surface area contributed by atoms with Gasteiger partial charge in [-0.2, -0.15) is 0 Å². The van der Waals surface area contributed by atoms with Gasteiger partial charge in [0.05, 0.1) is 5.52 Å². The number of unbranched alkanes of at least 4 members (excludes halogenated alkanes) is 2. The zero-order valence-electron chi connectivity index (χ0n) is 13.7. The van der Waals surface area contributed by atoms with E-state index in [1.165, 1.54) is 6.92 Å². The minimum absolute atomic E-state index is 0.0321. The summed E-state index contributed by atoms with van der Waals surface area (Å²) in [6, 6.07) is 9.55. The van der Waals surface area contributed by atoms with Crippen LogP contribution in [0.2, 0.25) is 5.15 Å². The predicted octanol–water partition coefficient (Wildman–Crippen LogP) is 3.63. The molecule has 0 aliphatic rings. The molecule has 1 N–H and O–H groups in total. The topological polar surface area (TPSA) is 68.3 Å². The Morgan fingerprint density at radius 2 is 2.00 bits per heavy atom. The van der Waals surface area contributed by atoms with Gasteiger partial charge in [0.15, 0.2) is 0 Å². The van der Waals surface area contributed by atoms with Crippen molar-refractivity contribution in [3.8, 4) is 0 Å². The second-order valence-electron chi connectivity index (χ2n) is 5.59. The lowest BCUT2D eigenvalue weighted by molar-refractivity contribution is -0.145. The summed E-state index contributed by atoms with van der Waals surface area (Å²) < 4.78 is 5.27. The Morgan fingerprint density at radius 1 is 1.21 bits per heavy atom. The Morgan fingerprint density at radius 3 is 2.79 bits per heavy atom. The molecule has 0 atom stereocenters. The van der Waals surface area contributed by atoms with E-state index >= 15 is 0 Å².